The van der Waals surface area contributed by atoms with Gasteiger partial charge in [0.15, 0.2) is 0 Å². The van der Waals surface area contributed by atoms with E-state index in [9.17, 15) is 0 Å². The maximum atomic E-state index is 5.68. The average molecular weight is 327 g/mol. The van der Waals surface area contributed by atoms with Gasteiger partial charge in [0.25, 0.3) is 0 Å². The van der Waals surface area contributed by atoms with Crippen molar-refractivity contribution < 1.29 is 4.74 Å². The number of hydrogen-bond donors (Lipinski definition) is 2. The number of halogens is 1. The van der Waals surface area contributed by atoms with Gasteiger partial charge in [-0.2, -0.15) is 0 Å². The minimum atomic E-state index is 0.355. The standard InChI is InChI=1S/C15H23BrN2O/c1-2-19-15-9-12(10-15)8-14(18-17)7-11-3-5-13(16)6-4-11/h3-6,12,14-15,18H,2,7-10,17H2,1H3. The molecule has 106 valence electrons. The number of nitrogens with two attached hydrogens (primary N) is 1. The van der Waals surface area contributed by atoms with Gasteiger partial charge < -0.3 is 4.74 Å². The Hall–Kier alpha value is -0.420. The lowest BCUT2D eigenvalue weighted by molar-refractivity contribution is -0.0290. The van der Waals surface area contributed by atoms with Crippen LogP contribution in [0.4, 0.5) is 0 Å². The zero-order valence-electron chi connectivity index (χ0n) is 11.4. The molecule has 0 heterocycles. The first-order chi connectivity index (χ1) is 9.21. The smallest absolute Gasteiger partial charge is 0.0580 e. The van der Waals surface area contributed by atoms with E-state index in [-0.39, 0.29) is 0 Å². The molecule has 1 aromatic rings. The summed E-state index contributed by atoms with van der Waals surface area (Å²) in [7, 11) is 0. The molecule has 2 rings (SSSR count). The molecule has 1 atom stereocenters. The Labute approximate surface area is 124 Å². The van der Waals surface area contributed by atoms with Crippen LogP contribution in [0.5, 0.6) is 0 Å². The molecule has 3 nitrogen and oxygen atoms in total. The molecule has 0 aliphatic heterocycles. The summed E-state index contributed by atoms with van der Waals surface area (Å²) in [5.41, 5.74) is 4.28. The van der Waals surface area contributed by atoms with Gasteiger partial charge >= 0.3 is 0 Å². The number of hydrazine groups is 1. The van der Waals surface area contributed by atoms with Crippen molar-refractivity contribution in [1.29, 1.82) is 0 Å². The normalized spacial score (nSPS) is 23.9. The Balaban J connectivity index is 1.76. The highest BCUT2D eigenvalue weighted by atomic mass is 79.9. The van der Waals surface area contributed by atoms with Gasteiger partial charge in [0.1, 0.15) is 0 Å². The van der Waals surface area contributed by atoms with Crippen molar-refractivity contribution in [1.82, 2.24) is 5.43 Å². The number of rotatable bonds is 7. The lowest BCUT2D eigenvalue weighted by atomic mass is 9.77. The van der Waals surface area contributed by atoms with Crippen LogP contribution >= 0.6 is 15.9 Å². The number of ether oxygens (including phenoxy) is 1. The summed E-state index contributed by atoms with van der Waals surface area (Å²) in [6.45, 7) is 2.89. The van der Waals surface area contributed by atoms with Gasteiger partial charge in [-0.3, -0.25) is 11.3 Å². The minimum Gasteiger partial charge on any atom is -0.378 e. The first kappa shape index (κ1) is 15.0. The quantitative estimate of drug-likeness (QED) is 0.598. The third-order valence-corrected chi connectivity index (χ3v) is 4.37. The molecular formula is C15H23BrN2O. The second-order valence-corrected chi connectivity index (χ2v) is 6.26. The molecule has 0 bridgehead atoms. The van der Waals surface area contributed by atoms with Crippen molar-refractivity contribution in [3.05, 3.63) is 34.3 Å². The van der Waals surface area contributed by atoms with Crippen LogP contribution < -0.4 is 11.3 Å². The summed E-state index contributed by atoms with van der Waals surface area (Å²) in [4.78, 5) is 0. The molecule has 4 heteroatoms. The van der Waals surface area contributed by atoms with E-state index in [2.05, 4.69) is 52.5 Å². The maximum absolute atomic E-state index is 5.68. The van der Waals surface area contributed by atoms with Crippen molar-refractivity contribution in [3.63, 3.8) is 0 Å². The molecule has 0 saturated heterocycles. The fraction of sp³-hybridized carbons (Fsp3) is 0.600. The molecule has 0 spiro atoms. The van der Waals surface area contributed by atoms with Crippen molar-refractivity contribution >= 4 is 15.9 Å². The van der Waals surface area contributed by atoms with Gasteiger partial charge in [-0.25, -0.2) is 0 Å². The average Bonchev–Trinajstić information content (AvgIpc) is 2.37. The van der Waals surface area contributed by atoms with Crippen LogP contribution in [0.25, 0.3) is 0 Å². The second-order valence-electron chi connectivity index (χ2n) is 5.34. The first-order valence-corrected chi connectivity index (χ1v) is 7.82. The van der Waals surface area contributed by atoms with Crippen LogP contribution in [0, 0.1) is 5.92 Å². The van der Waals surface area contributed by atoms with E-state index in [1.54, 1.807) is 0 Å². The summed E-state index contributed by atoms with van der Waals surface area (Å²) in [5.74, 6) is 6.44. The summed E-state index contributed by atoms with van der Waals surface area (Å²) < 4.78 is 6.72. The lowest BCUT2D eigenvalue weighted by Gasteiger charge is -2.37. The van der Waals surface area contributed by atoms with Gasteiger partial charge in [-0.15, -0.1) is 0 Å². The van der Waals surface area contributed by atoms with E-state index in [0.29, 0.717) is 12.1 Å². The summed E-state index contributed by atoms with van der Waals surface area (Å²) in [6.07, 6.45) is 4.98. The summed E-state index contributed by atoms with van der Waals surface area (Å²) in [6, 6.07) is 8.82. The number of benzene rings is 1. The zero-order valence-corrected chi connectivity index (χ0v) is 13.0. The monoisotopic (exact) mass is 326 g/mol. The Morgan fingerprint density at radius 3 is 2.63 bits per heavy atom. The molecule has 1 unspecified atom stereocenters. The fourth-order valence-corrected chi connectivity index (χ4v) is 3.02. The number of nitrogens with one attached hydrogen (secondary N) is 1. The van der Waals surface area contributed by atoms with Crippen molar-refractivity contribution in [2.75, 3.05) is 6.61 Å². The van der Waals surface area contributed by atoms with E-state index in [1.807, 2.05) is 0 Å². The van der Waals surface area contributed by atoms with Crippen molar-refractivity contribution in [2.45, 2.75) is 44.8 Å². The molecule has 1 aromatic carbocycles. The number of hydrogen-bond acceptors (Lipinski definition) is 3. The van der Waals surface area contributed by atoms with Crippen LogP contribution in [-0.2, 0) is 11.2 Å². The highest BCUT2D eigenvalue weighted by Crippen LogP contribution is 2.34. The van der Waals surface area contributed by atoms with E-state index >= 15 is 0 Å². The fourth-order valence-electron chi connectivity index (χ4n) is 2.76. The Kier molecular flexibility index (Phi) is 5.82. The third-order valence-electron chi connectivity index (χ3n) is 3.84. The second kappa shape index (κ2) is 7.39. The Morgan fingerprint density at radius 2 is 2.05 bits per heavy atom. The molecule has 1 aliphatic rings. The minimum absolute atomic E-state index is 0.355. The maximum Gasteiger partial charge on any atom is 0.0580 e. The van der Waals surface area contributed by atoms with E-state index in [1.165, 1.54) is 18.4 Å². The molecular weight excluding hydrogens is 304 g/mol. The highest BCUT2D eigenvalue weighted by molar-refractivity contribution is 9.10. The van der Waals surface area contributed by atoms with Crippen LogP contribution in [-0.4, -0.2) is 18.8 Å². The summed E-state index contributed by atoms with van der Waals surface area (Å²) >= 11 is 3.46. The van der Waals surface area contributed by atoms with Gasteiger partial charge in [0.05, 0.1) is 6.10 Å². The highest BCUT2D eigenvalue weighted by Gasteiger charge is 2.31. The largest absolute Gasteiger partial charge is 0.378 e. The van der Waals surface area contributed by atoms with Gasteiger partial charge in [0, 0.05) is 17.1 Å². The molecule has 0 aromatic heterocycles. The first-order valence-electron chi connectivity index (χ1n) is 7.03. The Morgan fingerprint density at radius 1 is 1.37 bits per heavy atom. The topological polar surface area (TPSA) is 47.3 Å². The van der Waals surface area contributed by atoms with Crippen LogP contribution in [0.2, 0.25) is 0 Å². The van der Waals surface area contributed by atoms with Crippen LogP contribution in [0.15, 0.2) is 28.7 Å². The van der Waals surface area contributed by atoms with Gasteiger partial charge in [0.2, 0.25) is 0 Å². The predicted octanol–water partition coefficient (Wildman–Crippen LogP) is 3.03. The SMILES string of the molecule is CCOC1CC(CC(Cc2ccc(Br)cc2)NN)C1. The van der Waals surface area contributed by atoms with Crippen molar-refractivity contribution in [3.8, 4) is 0 Å². The molecule has 0 radical (unpaired) electrons. The molecule has 0 amide bonds. The molecule has 3 N–H and O–H groups in total. The van der Waals surface area contributed by atoms with Gasteiger partial charge in [-0.1, -0.05) is 28.1 Å². The van der Waals surface area contributed by atoms with Crippen LogP contribution in [0.1, 0.15) is 31.7 Å². The van der Waals surface area contributed by atoms with Crippen molar-refractivity contribution in [2.24, 2.45) is 11.8 Å². The Bertz CT molecular complexity index is 376. The molecule has 1 fully saturated rings. The van der Waals surface area contributed by atoms with Crippen LogP contribution in [0.3, 0.4) is 0 Å². The van der Waals surface area contributed by atoms with E-state index < -0.39 is 0 Å². The van der Waals surface area contributed by atoms with E-state index in [0.717, 1.165) is 29.8 Å². The molecule has 1 saturated carbocycles. The third kappa shape index (κ3) is 4.56. The lowest BCUT2D eigenvalue weighted by Crippen LogP contribution is -2.42. The molecule has 1 aliphatic carbocycles. The van der Waals surface area contributed by atoms with E-state index in [4.69, 9.17) is 10.6 Å². The summed E-state index contributed by atoms with van der Waals surface area (Å²) in [5, 5.41) is 0. The predicted molar refractivity (Wildman–Crippen MR) is 81.7 cm³/mol. The van der Waals surface area contributed by atoms with Gasteiger partial charge in [-0.05, 0) is 56.2 Å². The molecule has 19 heavy (non-hydrogen) atoms. The zero-order chi connectivity index (χ0) is 13.7.